The third-order valence-electron chi connectivity index (χ3n) is 3.17. The van der Waals surface area contributed by atoms with E-state index in [4.69, 9.17) is 16.3 Å². The van der Waals surface area contributed by atoms with Gasteiger partial charge in [-0.15, -0.1) is 16.7 Å². The second-order valence-electron chi connectivity index (χ2n) is 4.56. The van der Waals surface area contributed by atoms with E-state index in [1.807, 2.05) is 17.8 Å². The molecule has 1 aliphatic rings. The Morgan fingerprint density at radius 2 is 2.53 bits per heavy atom. The summed E-state index contributed by atoms with van der Waals surface area (Å²) in [6, 6.07) is 0. The molecule has 5 heteroatoms. The fourth-order valence-electron chi connectivity index (χ4n) is 2.13. The second kappa shape index (κ2) is 6.36. The van der Waals surface area contributed by atoms with Crippen LogP contribution < -0.4 is 0 Å². The normalized spacial score (nSPS) is 21.9. The minimum Gasteiger partial charge on any atom is -0.378 e. The number of ether oxygens (including phenoxy) is 1. The molecule has 0 saturated carbocycles. The molecule has 0 aliphatic carbocycles. The molecule has 1 aliphatic heterocycles. The van der Waals surface area contributed by atoms with Crippen molar-refractivity contribution in [1.82, 2.24) is 15.0 Å². The molecule has 2 unspecified atom stereocenters. The van der Waals surface area contributed by atoms with Gasteiger partial charge in [-0.2, -0.15) is 0 Å². The van der Waals surface area contributed by atoms with Gasteiger partial charge < -0.3 is 4.74 Å². The number of halogens is 1. The van der Waals surface area contributed by atoms with Crippen molar-refractivity contribution in [3.05, 3.63) is 11.9 Å². The van der Waals surface area contributed by atoms with E-state index in [1.54, 1.807) is 0 Å². The fraction of sp³-hybridized carbons (Fsp3) is 0.833. The lowest BCUT2D eigenvalue weighted by atomic mass is 10.1. The molecule has 2 rings (SSSR count). The van der Waals surface area contributed by atoms with Gasteiger partial charge in [-0.1, -0.05) is 12.1 Å². The van der Waals surface area contributed by atoms with Crippen molar-refractivity contribution in [3.63, 3.8) is 0 Å². The van der Waals surface area contributed by atoms with Gasteiger partial charge in [-0.25, -0.2) is 0 Å². The number of rotatable bonds is 6. The predicted molar refractivity (Wildman–Crippen MR) is 67.1 cm³/mol. The molecule has 1 fully saturated rings. The SMILES string of the molecule is CCC(Cl)c1cn(CCCC2CCCO2)nn1. The summed E-state index contributed by atoms with van der Waals surface area (Å²) in [5.74, 6) is 0. The molecule has 17 heavy (non-hydrogen) atoms. The Bertz CT molecular complexity index is 336. The third-order valence-corrected chi connectivity index (χ3v) is 3.71. The highest BCUT2D eigenvalue weighted by molar-refractivity contribution is 6.20. The maximum Gasteiger partial charge on any atom is 0.100 e. The van der Waals surface area contributed by atoms with Crippen LogP contribution in [0.25, 0.3) is 0 Å². The van der Waals surface area contributed by atoms with Crippen molar-refractivity contribution in [2.45, 2.75) is 57.1 Å². The maximum absolute atomic E-state index is 6.11. The second-order valence-corrected chi connectivity index (χ2v) is 5.09. The van der Waals surface area contributed by atoms with Crippen molar-refractivity contribution < 1.29 is 4.74 Å². The number of nitrogens with zero attached hydrogens (tertiary/aromatic N) is 3. The summed E-state index contributed by atoms with van der Waals surface area (Å²) >= 11 is 6.11. The van der Waals surface area contributed by atoms with Gasteiger partial charge >= 0.3 is 0 Å². The van der Waals surface area contributed by atoms with Crippen LogP contribution in [0, 0.1) is 0 Å². The number of alkyl halides is 1. The molecule has 4 nitrogen and oxygen atoms in total. The minimum absolute atomic E-state index is 0.0121. The van der Waals surface area contributed by atoms with Crippen molar-refractivity contribution in [2.75, 3.05) is 6.61 Å². The first kappa shape index (κ1) is 12.8. The molecule has 2 atom stereocenters. The summed E-state index contributed by atoms with van der Waals surface area (Å²) in [4.78, 5) is 0. The van der Waals surface area contributed by atoms with E-state index in [1.165, 1.54) is 12.8 Å². The van der Waals surface area contributed by atoms with E-state index in [-0.39, 0.29) is 5.38 Å². The van der Waals surface area contributed by atoms with E-state index < -0.39 is 0 Å². The quantitative estimate of drug-likeness (QED) is 0.736. The van der Waals surface area contributed by atoms with Gasteiger partial charge in [-0.05, 0) is 32.1 Å². The van der Waals surface area contributed by atoms with Crippen LogP contribution in [0.4, 0.5) is 0 Å². The van der Waals surface area contributed by atoms with E-state index >= 15 is 0 Å². The van der Waals surface area contributed by atoms with E-state index in [0.29, 0.717) is 6.10 Å². The highest BCUT2D eigenvalue weighted by atomic mass is 35.5. The highest BCUT2D eigenvalue weighted by Gasteiger charge is 2.15. The molecule has 0 amide bonds. The van der Waals surface area contributed by atoms with Crippen LogP contribution in [-0.2, 0) is 11.3 Å². The van der Waals surface area contributed by atoms with Gasteiger partial charge in [-0.3, -0.25) is 4.68 Å². The molecule has 0 radical (unpaired) electrons. The van der Waals surface area contributed by atoms with Crippen LogP contribution in [0.3, 0.4) is 0 Å². The number of aromatic nitrogens is 3. The molecular weight excluding hydrogens is 238 g/mol. The molecular formula is C12H20ClN3O. The van der Waals surface area contributed by atoms with Crippen LogP contribution in [0.15, 0.2) is 6.20 Å². The Hall–Kier alpha value is -0.610. The maximum atomic E-state index is 6.11. The van der Waals surface area contributed by atoms with Crippen LogP contribution >= 0.6 is 11.6 Å². The number of aryl methyl sites for hydroxylation is 1. The molecule has 1 aromatic rings. The lowest BCUT2D eigenvalue weighted by Crippen LogP contribution is -2.07. The molecule has 0 spiro atoms. The van der Waals surface area contributed by atoms with Crippen molar-refractivity contribution in [1.29, 1.82) is 0 Å². The Labute approximate surface area is 107 Å². The molecule has 0 bridgehead atoms. The Balaban J connectivity index is 1.73. The van der Waals surface area contributed by atoms with E-state index in [9.17, 15) is 0 Å². The molecule has 96 valence electrons. The van der Waals surface area contributed by atoms with Crippen LogP contribution in [0.1, 0.15) is 50.1 Å². The van der Waals surface area contributed by atoms with Crippen LogP contribution in [0.2, 0.25) is 0 Å². The molecule has 1 saturated heterocycles. The monoisotopic (exact) mass is 257 g/mol. The first-order valence-electron chi connectivity index (χ1n) is 6.45. The standard InChI is InChI=1S/C12H20ClN3O/c1-2-11(13)12-9-16(15-14-12)7-3-5-10-6-4-8-17-10/h9-11H,2-8H2,1H3. The van der Waals surface area contributed by atoms with E-state index in [2.05, 4.69) is 10.3 Å². The summed E-state index contributed by atoms with van der Waals surface area (Å²) < 4.78 is 7.47. The van der Waals surface area contributed by atoms with Crippen molar-refractivity contribution in [2.24, 2.45) is 0 Å². The lowest BCUT2D eigenvalue weighted by Gasteiger charge is -2.08. The Morgan fingerprint density at radius 3 is 3.24 bits per heavy atom. The molecule has 1 aromatic heterocycles. The van der Waals surface area contributed by atoms with Crippen molar-refractivity contribution in [3.8, 4) is 0 Å². The van der Waals surface area contributed by atoms with Crippen LogP contribution in [-0.4, -0.2) is 27.7 Å². The smallest absolute Gasteiger partial charge is 0.100 e. The zero-order chi connectivity index (χ0) is 12.1. The predicted octanol–water partition coefficient (Wildman–Crippen LogP) is 2.93. The van der Waals surface area contributed by atoms with Gasteiger partial charge in [0, 0.05) is 19.3 Å². The van der Waals surface area contributed by atoms with Gasteiger partial charge in [0.25, 0.3) is 0 Å². The third kappa shape index (κ3) is 3.68. The molecule has 0 N–H and O–H groups in total. The topological polar surface area (TPSA) is 39.9 Å². The fourth-order valence-corrected chi connectivity index (χ4v) is 2.23. The van der Waals surface area contributed by atoms with Gasteiger partial charge in [0.15, 0.2) is 0 Å². The van der Waals surface area contributed by atoms with Gasteiger partial charge in [0.1, 0.15) is 5.69 Å². The summed E-state index contributed by atoms with van der Waals surface area (Å²) in [6.45, 7) is 3.89. The Morgan fingerprint density at radius 1 is 1.65 bits per heavy atom. The summed E-state index contributed by atoms with van der Waals surface area (Å²) in [7, 11) is 0. The summed E-state index contributed by atoms with van der Waals surface area (Å²) in [5.41, 5.74) is 0.881. The molecule has 2 heterocycles. The largest absolute Gasteiger partial charge is 0.378 e. The average molecular weight is 258 g/mol. The summed E-state index contributed by atoms with van der Waals surface area (Å²) in [6.07, 6.45) is 7.94. The summed E-state index contributed by atoms with van der Waals surface area (Å²) in [5, 5.41) is 8.17. The zero-order valence-electron chi connectivity index (χ0n) is 10.3. The highest BCUT2D eigenvalue weighted by Crippen LogP contribution is 2.21. The van der Waals surface area contributed by atoms with Crippen molar-refractivity contribution >= 4 is 11.6 Å². The number of hydrogen-bond acceptors (Lipinski definition) is 3. The van der Waals surface area contributed by atoms with Gasteiger partial charge in [0.05, 0.1) is 11.5 Å². The minimum atomic E-state index is -0.0121. The Kier molecular flexibility index (Phi) is 4.80. The average Bonchev–Trinajstić information content (AvgIpc) is 2.99. The number of hydrogen-bond donors (Lipinski definition) is 0. The first-order chi connectivity index (χ1) is 8.29. The first-order valence-corrected chi connectivity index (χ1v) is 6.89. The lowest BCUT2D eigenvalue weighted by molar-refractivity contribution is 0.101. The molecule has 0 aromatic carbocycles. The zero-order valence-corrected chi connectivity index (χ0v) is 11.1. The van der Waals surface area contributed by atoms with Crippen LogP contribution in [0.5, 0.6) is 0 Å². The van der Waals surface area contributed by atoms with E-state index in [0.717, 1.165) is 38.1 Å². The van der Waals surface area contributed by atoms with Gasteiger partial charge in [0.2, 0.25) is 0 Å².